The van der Waals surface area contributed by atoms with E-state index in [1.165, 1.54) is 25.1 Å². The van der Waals surface area contributed by atoms with Crippen LogP contribution in [0, 0.1) is 13.8 Å². The van der Waals surface area contributed by atoms with Crippen LogP contribution in [0.2, 0.25) is 0 Å². The van der Waals surface area contributed by atoms with Gasteiger partial charge in [-0.25, -0.2) is 25.5 Å². The maximum absolute atomic E-state index is 13.0. The normalized spacial score (nSPS) is 13.4. The van der Waals surface area contributed by atoms with Crippen molar-refractivity contribution in [2.75, 3.05) is 0 Å². The van der Waals surface area contributed by atoms with E-state index in [1.807, 2.05) is 30.3 Å². The molecule has 0 aliphatic carbocycles. The van der Waals surface area contributed by atoms with Crippen molar-refractivity contribution in [2.45, 2.75) is 36.6 Å². The lowest BCUT2D eigenvalue weighted by atomic mass is 10.1. The van der Waals surface area contributed by atoms with E-state index < -0.39 is 26.1 Å². The maximum Gasteiger partial charge on any atom is 0.268 e. The van der Waals surface area contributed by atoms with Crippen molar-refractivity contribution in [3.05, 3.63) is 83.7 Å². The second kappa shape index (κ2) is 7.54. The van der Waals surface area contributed by atoms with E-state index in [-0.39, 0.29) is 15.5 Å². The van der Waals surface area contributed by atoms with E-state index in [9.17, 15) is 16.8 Å². The van der Waals surface area contributed by atoms with Gasteiger partial charge >= 0.3 is 0 Å². The topological polar surface area (TPSA) is 85.2 Å². The summed E-state index contributed by atoms with van der Waals surface area (Å²) in [5, 5.41) is 0. The Morgan fingerprint density at radius 1 is 0.857 bits per heavy atom. The van der Waals surface area contributed by atoms with Gasteiger partial charge in [0.1, 0.15) is 4.90 Å². The molecule has 0 unspecified atom stereocenters. The first-order valence-electron chi connectivity index (χ1n) is 8.71. The number of rotatable bonds is 6. The number of aryl methyl sites for hydroxylation is 1. The van der Waals surface area contributed by atoms with Crippen LogP contribution in [0.5, 0.6) is 0 Å². The van der Waals surface area contributed by atoms with Gasteiger partial charge in [-0.1, -0.05) is 48.5 Å². The SMILES string of the molecule is Cc1cc(S(=O)(=O)N[C@H](C)c2ccccc2)c(C)n1S(=O)(=O)c1ccccc1. The molecule has 0 spiro atoms. The predicted octanol–water partition coefficient (Wildman–Crippen LogP) is 3.38. The Labute approximate surface area is 165 Å². The Bertz CT molecular complexity index is 1180. The van der Waals surface area contributed by atoms with Crippen molar-refractivity contribution in [3.63, 3.8) is 0 Å². The van der Waals surface area contributed by atoms with Crippen molar-refractivity contribution < 1.29 is 16.8 Å². The van der Waals surface area contributed by atoms with Gasteiger partial charge in [0.05, 0.1) is 10.6 Å². The highest BCUT2D eigenvalue weighted by molar-refractivity contribution is 7.90. The van der Waals surface area contributed by atoms with E-state index in [0.29, 0.717) is 5.69 Å². The van der Waals surface area contributed by atoms with Crippen LogP contribution in [0.1, 0.15) is 29.9 Å². The number of benzene rings is 2. The lowest BCUT2D eigenvalue weighted by molar-refractivity contribution is 0.566. The molecule has 28 heavy (non-hydrogen) atoms. The zero-order valence-corrected chi connectivity index (χ0v) is 17.5. The van der Waals surface area contributed by atoms with Gasteiger partial charge in [0.15, 0.2) is 0 Å². The third-order valence-corrected chi connectivity index (χ3v) is 8.09. The minimum Gasteiger partial charge on any atom is -0.242 e. The molecule has 0 bridgehead atoms. The van der Waals surface area contributed by atoms with Crippen LogP contribution in [0.15, 0.2) is 76.5 Å². The van der Waals surface area contributed by atoms with Gasteiger partial charge in [-0.3, -0.25) is 0 Å². The van der Waals surface area contributed by atoms with Crippen molar-refractivity contribution in [1.82, 2.24) is 8.69 Å². The summed E-state index contributed by atoms with van der Waals surface area (Å²) in [7, 11) is -7.81. The molecule has 1 heterocycles. The smallest absolute Gasteiger partial charge is 0.242 e. The lowest BCUT2D eigenvalue weighted by Crippen LogP contribution is -2.27. The first-order valence-corrected chi connectivity index (χ1v) is 11.6. The number of nitrogens with one attached hydrogen (secondary N) is 1. The highest BCUT2D eigenvalue weighted by Crippen LogP contribution is 2.26. The molecule has 3 aromatic rings. The first-order chi connectivity index (χ1) is 13.1. The molecule has 1 atom stereocenters. The number of aromatic nitrogens is 1. The second-order valence-corrected chi connectivity index (χ2v) is 10.0. The standard InChI is InChI=1S/C20H22N2O4S2/c1-15-14-20(27(23,24)21-16(2)18-10-6-4-7-11-18)17(3)22(15)28(25,26)19-12-8-5-9-13-19/h4-14,16,21H,1-3H3/t16-/m1/s1. The Balaban J connectivity index is 2.02. The molecule has 8 heteroatoms. The number of nitrogens with zero attached hydrogens (tertiary/aromatic N) is 1. The Morgan fingerprint density at radius 2 is 1.39 bits per heavy atom. The fraction of sp³-hybridized carbons (Fsp3) is 0.200. The first kappa shape index (κ1) is 20.3. The molecule has 0 fully saturated rings. The predicted molar refractivity (Wildman–Crippen MR) is 108 cm³/mol. The monoisotopic (exact) mass is 418 g/mol. The maximum atomic E-state index is 13.0. The molecule has 0 saturated heterocycles. The van der Waals surface area contributed by atoms with Crippen LogP contribution in [-0.4, -0.2) is 20.8 Å². The highest BCUT2D eigenvalue weighted by Gasteiger charge is 2.29. The summed E-state index contributed by atoms with van der Waals surface area (Å²) >= 11 is 0. The molecular formula is C20H22N2O4S2. The highest BCUT2D eigenvalue weighted by atomic mass is 32.2. The number of hydrogen-bond donors (Lipinski definition) is 1. The van der Waals surface area contributed by atoms with Gasteiger partial charge < -0.3 is 0 Å². The van der Waals surface area contributed by atoms with Gasteiger partial charge in [-0.05, 0) is 44.5 Å². The average molecular weight is 419 g/mol. The zero-order valence-electron chi connectivity index (χ0n) is 15.8. The van der Waals surface area contributed by atoms with Gasteiger partial charge in [-0.2, -0.15) is 0 Å². The van der Waals surface area contributed by atoms with Crippen LogP contribution in [-0.2, 0) is 20.0 Å². The third kappa shape index (κ3) is 3.76. The van der Waals surface area contributed by atoms with Gasteiger partial charge in [-0.15, -0.1) is 0 Å². The van der Waals surface area contributed by atoms with Crippen LogP contribution in [0.25, 0.3) is 0 Å². The number of sulfonamides is 1. The fourth-order valence-corrected chi connectivity index (χ4v) is 6.36. The van der Waals surface area contributed by atoms with Gasteiger partial charge in [0.2, 0.25) is 10.0 Å². The molecule has 0 radical (unpaired) electrons. The van der Waals surface area contributed by atoms with E-state index in [1.54, 1.807) is 32.0 Å². The van der Waals surface area contributed by atoms with E-state index in [2.05, 4.69) is 4.72 Å². The zero-order chi connectivity index (χ0) is 20.5. The number of hydrogen-bond acceptors (Lipinski definition) is 4. The molecule has 3 rings (SSSR count). The van der Waals surface area contributed by atoms with Crippen LogP contribution in [0.3, 0.4) is 0 Å². The summed E-state index contributed by atoms with van der Waals surface area (Å²) in [6.45, 7) is 4.81. The summed E-state index contributed by atoms with van der Waals surface area (Å²) in [4.78, 5) is 0.0543. The van der Waals surface area contributed by atoms with Crippen molar-refractivity contribution in [3.8, 4) is 0 Å². The minimum atomic E-state index is -3.92. The Kier molecular flexibility index (Phi) is 5.47. The third-order valence-electron chi connectivity index (χ3n) is 4.52. The molecule has 148 valence electrons. The molecule has 6 nitrogen and oxygen atoms in total. The Morgan fingerprint density at radius 3 is 1.96 bits per heavy atom. The van der Waals surface area contributed by atoms with Crippen molar-refractivity contribution in [2.24, 2.45) is 0 Å². The van der Waals surface area contributed by atoms with Crippen molar-refractivity contribution in [1.29, 1.82) is 0 Å². The summed E-state index contributed by atoms with van der Waals surface area (Å²) in [6, 6.07) is 18.0. The summed E-state index contributed by atoms with van der Waals surface area (Å²) in [5.41, 5.74) is 1.29. The quantitative estimate of drug-likeness (QED) is 0.665. The van der Waals surface area contributed by atoms with Crippen LogP contribution >= 0.6 is 0 Å². The van der Waals surface area contributed by atoms with E-state index >= 15 is 0 Å². The molecule has 2 aromatic carbocycles. The van der Waals surface area contributed by atoms with Crippen LogP contribution in [0.4, 0.5) is 0 Å². The van der Waals surface area contributed by atoms with E-state index in [0.717, 1.165) is 9.54 Å². The van der Waals surface area contributed by atoms with Gasteiger partial charge in [0.25, 0.3) is 10.0 Å². The molecule has 0 saturated carbocycles. The molecule has 1 N–H and O–H groups in total. The summed E-state index contributed by atoms with van der Waals surface area (Å²) in [5.74, 6) is 0. The average Bonchev–Trinajstić information content (AvgIpc) is 2.98. The summed E-state index contributed by atoms with van der Waals surface area (Å²) in [6.07, 6.45) is 0. The summed E-state index contributed by atoms with van der Waals surface area (Å²) < 4.78 is 55.6. The van der Waals surface area contributed by atoms with Gasteiger partial charge in [0, 0.05) is 11.7 Å². The molecule has 0 amide bonds. The van der Waals surface area contributed by atoms with Crippen LogP contribution < -0.4 is 4.72 Å². The molecular weight excluding hydrogens is 396 g/mol. The second-order valence-electron chi connectivity index (χ2n) is 6.57. The molecule has 1 aromatic heterocycles. The lowest BCUT2D eigenvalue weighted by Gasteiger charge is -2.15. The fourth-order valence-electron chi connectivity index (χ4n) is 3.16. The largest absolute Gasteiger partial charge is 0.268 e. The molecule has 0 aliphatic heterocycles. The van der Waals surface area contributed by atoms with Crippen molar-refractivity contribution >= 4 is 20.0 Å². The van der Waals surface area contributed by atoms with E-state index in [4.69, 9.17) is 0 Å². The minimum absolute atomic E-state index is 0.0488. The molecule has 0 aliphatic rings. The Hall–Kier alpha value is -2.42.